The van der Waals surface area contributed by atoms with E-state index in [1.807, 2.05) is 43.3 Å². The topological polar surface area (TPSA) is 86.6 Å². The van der Waals surface area contributed by atoms with Crippen molar-refractivity contribution in [2.45, 2.75) is 39.7 Å². The number of carbonyl (C=O) groups excluding carboxylic acids is 2. The van der Waals surface area contributed by atoms with Gasteiger partial charge >= 0.3 is 0 Å². The van der Waals surface area contributed by atoms with Gasteiger partial charge in [0.2, 0.25) is 0 Å². The minimum absolute atomic E-state index is 0.0802. The van der Waals surface area contributed by atoms with E-state index in [1.54, 1.807) is 18.7 Å². The van der Waals surface area contributed by atoms with Gasteiger partial charge in [-0.1, -0.05) is 38.1 Å². The predicted molar refractivity (Wildman–Crippen MR) is 120 cm³/mol. The number of nitrogens with zero attached hydrogens (tertiary/aromatic N) is 4. The highest BCUT2D eigenvalue weighted by Gasteiger charge is 2.46. The molecule has 1 aromatic heterocycles. The molecule has 1 unspecified atom stereocenters. The first-order valence-corrected chi connectivity index (χ1v) is 10.5. The summed E-state index contributed by atoms with van der Waals surface area (Å²) in [5.74, 6) is -0.592. The highest BCUT2D eigenvalue weighted by molar-refractivity contribution is 6.46. The highest BCUT2D eigenvalue weighted by Crippen LogP contribution is 2.39. The molecule has 1 saturated heterocycles. The van der Waals surface area contributed by atoms with Gasteiger partial charge in [0, 0.05) is 19.3 Å². The van der Waals surface area contributed by atoms with Gasteiger partial charge in [-0.3, -0.25) is 9.59 Å². The number of ketones is 1. The van der Waals surface area contributed by atoms with E-state index < -0.39 is 17.7 Å². The van der Waals surface area contributed by atoms with E-state index in [2.05, 4.69) is 23.8 Å². The Balaban J connectivity index is 2.16. The van der Waals surface area contributed by atoms with Crippen LogP contribution in [0.4, 0.5) is 0 Å². The second kappa shape index (κ2) is 8.98. The fourth-order valence-electron chi connectivity index (χ4n) is 3.79. The van der Waals surface area contributed by atoms with Gasteiger partial charge in [-0.25, -0.2) is 9.97 Å². The number of carbonyl (C=O) groups is 2. The minimum atomic E-state index is -0.686. The normalized spacial score (nSPS) is 18.5. The minimum Gasteiger partial charge on any atom is -0.507 e. The number of aliphatic hydroxyl groups is 1. The van der Waals surface area contributed by atoms with Crippen molar-refractivity contribution in [2.24, 2.45) is 0 Å². The number of amides is 1. The zero-order valence-electron chi connectivity index (χ0n) is 19.0. The first-order chi connectivity index (χ1) is 14.6. The van der Waals surface area contributed by atoms with E-state index in [9.17, 15) is 14.7 Å². The van der Waals surface area contributed by atoms with Crippen molar-refractivity contribution in [2.75, 3.05) is 27.2 Å². The second-order valence-electron chi connectivity index (χ2n) is 8.53. The van der Waals surface area contributed by atoms with Crippen LogP contribution >= 0.6 is 0 Å². The molecule has 0 spiro atoms. The third-order valence-corrected chi connectivity index (χ3v) is 5.60. The maximum absolute atomic E-state index is 13.0. The standard InChI is InChI=1S/C24H30N4O3/c1-14(2)17-7-9-18(10-8-17)21-20(22(29)19-13-25-16(4)26-15(19)3)23(30)24(31)28(21)12-11-27(5)6/h7-10,13-14,21,29H,11-12H2,1-6H3/b22-20+. The monoisotopic (exact) mass is 422 g/mol. The van der Waals surface area contributed by atoms with Crippen molar-refractivity contribution >= 4 is 17.4 Å². The number of aryl methyl sites for hydroxylation is 2. The number of Topliss-reactive ketones (excluding diaryl/α,β-unsaturated/α-hetero) is 1. The number of hydrogen-bond acceptors (Lipinski definition) is 6. The van der Waals surface area contributed by atoms with Gasteiger partial charge in [0.05, 0.1) is 22.9 Å². The molecule has 0 aliphatic carbocycles. The Labute approximate surface area is 183 Å². The number of benzene rings is 1. The molecule has 0 radical (unpaired) electrons. The summed E-state index contributed by atoms with van der Waals surface area (Å²) in [5.41, 5.74) is 2.95. The molecule has 1 aliphatic rings. The summed E-state index contributed by atoms with van der Waals surface area (Å²) < 4.78 is 0. The quantitative estimate of drug-likeness (QED) is 0.437. The zero-order valence-corrected chi connectivity index (χ0v) is 19.0. The number of rotatable bonds is 6. The summed E-state index contributed by atoms with van der Waals surface area (Å²) in [5, 5.41) is 11.1. The largest absolute Gasteiger partial charge is 0.507 e. The first-order valence-electron chi connectivity index (χ1n) is 10.5. The van der Waals surface area contributed by atoms with Gasteiger partial charge in [0.15, 0.2) is 0 Å². The maximum Gasteiger partial charge on any atom is 0.295 e. The second-order valence-corrected chi connectivity index (χ2v) is 8.53. The van der Waals surface area contributed by atoms with Crippen LogP contribution in [0.3, 0.4) is 0 Å². The van der Waals surface area contributed by atoms with Gasteiger partial charge in [-0.2, -0.15) is 0 Å². The molecule has 0 bridgehead atoms. The third-order valence-electron chi connectivity index (χ3n) is 5.60. The van der Waals surface area contributed by atoms with Crippen molar-refractivity contribution in [1.82, 2.24) is 19.8 Å². The molecule has 1 N–H and O–H groups in total. The van der Waals surface area contributed by atoms with E-state index in [0.717, 1.165) is 11.1 Å². The number of aliphatic hydroxyl groups excluding tert-OH is 1. The van der Waals surface area contributed by atoms with Crippen molar-refractivity contribution in [3.63, 3.8) is 0 Å². The lowest BCUT2D eigenvalue weighted by atomic mass is 9.93. The molecule has 1 fully saturated rings. The van der Waals surface area contributed by atoms with Crippen molar-refractivity contribution in [3.8, 4) is 0 Å². The Hall–Kier alpha value is -3.06. The predicted octanol–water partition coefficient (Wildman–Crippen LogP) is 3.20. The summed E-state index contributed by atoms with van der Waals surface area (Å²) >= 11 is 0. The first kappa shape index (κ1) is 22.6. The highest BCUT2D eigenvalue weighted by atomic mass is 16.3. The molecule has 1 amide bonds. The maximum atomic E-state index is 13.0. The van der Waals surface area contributed by atoms with E-state index in [0.29, 0.717) is 36.1 Å². The van der Waals surface area contributed by atoms with Crippen molar-refractivity contribution in [3.05, 3.63) is 64.2 Å². The van der Waals surface area contributed by atoms with Crippen LogP contribution in [-0.2, 0) is 9.59 Å². The molecule has 7 heteroatoms. The Morgan fingerprint density at radius 1 is 1.16 bits per heavy atom. The number of aromatic nitrogens is 2. The molecule has 3 rings (SSSR count). The van der Waals surface area contributed by atoms with Gasteiger partial charge < -0.3 is 14.9 Å². The van der Waals surface area contributed by atoms with Gasteiger partial charge in [-0.15, -0.1) is 0 Å². The molecule has 7 nitrogen and oxygen atoms in total. The fraction of sp³-hybridized carbons (Fsp3) is 0.417. The van der Waals surface area contributed by atoms with Crippen LogP contribution in [0, 0.1) is 13.8 Å². The molecule has 164 valence electrons. The summed E-state index contributed by atoms with van der Waals surface area (Å²) in [6, 6.07) is 7.21. The zero-order chi connectivity index (χ0) is 22.9. The molecule has 1 aliphatic heterocycles. The van der Waals surface area contributed by atoms with E-state index in [1.165, 1.54) is 6.20 Å². The van der Waals surface area contributed by atoms with Gasteiger partial charge in [0.1, 0.15) is 11.6 Å². The van der Waals surface area contributed by atoms with Crippen LogP contribution in [0.1, 0.15) is 54.0 Å². The lowest BCUT2D eigenvalue weighted by molar-refractivity contribution is -0.140. The van der Waals surface area contributed by atoms with Crippen molar-refractivity contribution in [1.29, 1.82) is 0 Å². The average molecular weight is 423 g/mol. The Morgan fingerprint density at radius 3 is 2.35 bits per heavy atom. The van der Waals surface area contributed by atoms with Crippen LogP contribution in [0.2, 0.25) is 0 Å². The SMILES string of the molecule is Cc1ncc(/C(O)=C2\C(=O)C(=O)N(CCN(C)C)C2c2ccc(C(C)C)cc2)c(C)n1. The summed E-state index contributed by atoms with van der Waals surface area (Å²) in [6.07, 6.45) is 1.50. The molecule has 1 aromatic carbocycles. The van der Waals surface area contributed by atoms with Crippen LogP contribution in [0.15, 0.2) is 36.0 Å². The average Bonchev–Trinajstić information content (AvgIpc) is 2.96. The molecule has 2 aromatic rings. The van der Waals surface area contributed by atoms with Gasteiger partial charge in [-0.05, 0) is 45.0 Å². The lowest BCUT2D eigenvalue weighted by Crippen LogP contribution is -2.35. The molecule has 31 heavy (non-hydrogen) atoms. The molecule has 1 atom stereocenters. The van der Waals surface area contributed by atoms with Gasteiger partial charge in [0.25, 0.3) is 11.7 Å². The van der Waals surface area contributed by atoms with Crippen LogP contribution < -0.4 is 0 Å². The smallest absolute Gasteiger partial charge is 0.295 e. The Morgan fingerprint density at radius 2 is 1.81 bits per heavy atom. The fourth-order valence-corrected chi connectivity index (χ4v) is 3.79. The third kappa shape index (κ3) is 4.51. The lowest BCUT2D eigenvalue weighted by Gasteiger charge is -2.27. The summed E-state index contributed by atoms with van der Waals surface area (Å²) in [7, 11) is 3.83. The van der Waals surface area contributed by atoms with Crippen molar-refractivity contribution < 1.29 is 14.7 Å². The molecular weight excluding hydrogens is 392 g/mol. The van der Waals surface area contributed by atoms with E-state index in [-0.39, 0.29) is 11.3 Å². The summed E-state index contributed by atoms with van der Waals surface area (Å²) in [6.45, 7) is 8.69. The van der Waals surface area contributed by atoms with Crippen LogP contribution in [0.25, 0.3) is 5.76 Å². The molecular formula is C24H30N4O3. The van der Waals surface area contributed by atoms with Crippen LogP contribution in [-0.4, -0.2) is 63.7 Å². The number of likely N-dealkylation sites (tertiary alicyclic amines) is 1. The Kier molecular flexibility index (Phi) is 6.55. The Bertz CT molecular complexity index is 1030. The van der Waals surface area contributed by atoms with Crippen LogP contribution in [0.5, 0.6) is 0 Å². The van der Waals surface area contributed by atoms with E-state index in [4.69, 9.17) is 0 Å². The molecule has 2 heterocycles. The molecule has 0 saturated carbocycles. The summed E-state index contributed by atoms with van der Waals surface area (Å²) in [4.78, 5) is 37.9. The number of likely N-dealkylation sites (N-methyl/N-ethyl adjacent to an activating group) is 1. The van der Waals surface area contributed by atoms with E-state index >= 15 is 0 Å². The number of hydrogen-bond donors (Lipinski definition) is 1.